The van der Waals surface area contributed by atoms with Crippen molar-refractivity contribution in [3.8, 4) is 0 Å². The molecular weight excluding hydrogens is 393 g/mol. The van der Waals surface area contributed by atoms with Gasteiger partial charge in [-0.1, -0.05) is 20.3 Å². The van der Waals surface area contributed by atoms with Crippen LogP contribution in [0.25, 0.3) is 0 Å². The van der Waals surface area contributed by atoms with Crippen molar-refractivity contribution < 1.29 is 13.2 Å². The molecule has 6 nitrogen and oxygen atoms in total. The largest absolute Gasteiger partial charge is 0.418 e. The summed E-state index contributed by atoms with van der Waals surface area (Å²) in [6, 6.07) is 5.98. The van der Waals surface area contributed by atoms with Gasteiger partial charge in [0.05, 0.1) is 11.3 Å². The Bertz CT molecular complexity index is 853. The first-order valence-corrected chi connectivity index (χ1v) is 10.4. The standard InChI is InChI=1S/C21H29F3N6/c1-3-6-15-12-19(30-10-5-7-16(13-30)26-4-2)29-20(27-15)28-18-9-8-14(25)11-17(18)21(22,23)24/h8-9,11-12,16,26H,3-7,10,13,25H2,1-2H3,(H,27,28,29)/t16-/m1/s1. The third-order valence-corrected chi connectivity index (χ3v) is 5.11. The zero-order valence-electron chi connectivity index (χ0n) is 17.4. The summed E-state index contributed by atoms with van der Waals surface area (Å²) in [5.74, 6) is 0.902. The molecule has 0 amide bonds. The summed E-state index contributed by atoms with van der Waals surface area (Å²) >= 11 is 0. The number of nitrogens with two attached hydrogens (primary N) is 1. The van der Waals surface area contributed by atoms with Crippen LogP contribution >= 0.6 is 0 Å². The Kier molecular flexibility index (Phi) is 7.02. The van der Waals surface area contributed by atoms with Crippen molar-refractivity contribution in [3.05, 3.63) is 35.5 Å². The molecule has 1 aromatic carbocycles. The number of nitrogen functional groups attached to an aromatic ring is 1. The quantitative estimate of drug-likeness (QED) is 0.576. The van der Waals surface area contributed by atoms with E-state index in [2.05, 4.69) is 32.4 Å². The monoisotopic (exact) mass is 422 g/mol. The minimum atomic E-state index is -4.53. The van der Waals surface area contributed by atoms with E-state index in [4.69, 9.17) is 5.73 Å². The molecule has 30 heavy (non-hydrogen) atoms. The number of hydrogen-bond donors (Lipinski definition) is 3. The Morgan fingerprint density at radius 2 is 2.00 bits per heavy atom. The number of benzene rings is 1. The molecule has 2 aromatic rings. The first-order chi connectivity index (χ1) is 14.3. The molecule has 9 heteroatoms. The average Bonchev–Trinajstić information content (AvgIpc) is 2.69. The number of likely N-dealkylation sites (N-methyl/N-ethyl adjacent to an activating group) is 1. The van der Waals surface area contributed by atoms with Crippen LogP contribution in [0.1, 0.15) is 44.4 Å². The third-order valence-electron chi connectivity index (χ3n) is 5.11. The van der Waals surface area contributed by atoms with Crippen LogP contribution < -0.4 is 21.3 Å². The topological polar surface area (TPSA) is 79.1 Å². The number of rotatable bonds is 7. The molecular formula is C21H29F3N6. The number of alkyl halides is 3. The molecule has 0 radical (unpaired) electrons. The number of piperidine rings is 1. The number of halogens is 3. The third kappa shape index (κ3) is 5.53. The van der Waals surface area contributed by atoms with Crippen LogP contribution in [0.5, 0.6) is 0 Å². The lowest BCUT2D eigenvalue weighted by molar-refractivity contribution is -0.136. The van der Waals surface area contributed by atoms with E-state index in [9.17, 15) is 13.2 Å². The van der Waals surface area contributed by atoms with Gasteiger partial charge in [-0.05, 0) is 44.0 Å². The lowest BCUT2D eigenvalue weighted by Crippen LogP contribution is -2.46. The Hall–Kier alpha value is -2.55. The highest BCUT2D eigenvalue weighted by Crippen LogP contribution is 2.37. The number of nitrogens with one attached hydrogen (secondary N) is 2. The van der Waals surface area contributed by atoms with Gasteiger partial charge in [0.2, 0.25) is 5.95 Å². The predicted molar refractivity (Wildman–Crippen MR) is 114 cm³/mol. The molecule has 1 saturated heterocycles. The van der Waals surface area contributed by atoms with Crippen LogP contribution in [0.2, 0.25) is 0 Å². The van der Waals surface area contributed by atoms with E-state index in [0.717, 1.165) is 62.9 Å². The summed E-state index contributed by atoms with van der Waals surface area (Å²) in [5.41, 5.74) is 5.48. The normalized spacial score (nSPS) is 17.2. The molecule has 1 aromatic heterocycles. The SMILES string of the molecule is CCCc1cc(N2CCC[C@@H](NCC)C2)nc(Nc2ccc(N)cc2C(F)(F)F)n1. The van der Waals surface area contributed by atoms with Crippen molar-refractivity contribution in [1.82, 2.24) is 15.3 Å². The molecule has 0 aliphatic carbocycles. The van der Waals surface area contributed by atoms with Gasteiger partial charge in [-0.3, -0.25) is 0 Å². The van der Waals surface area contributed by atoms with Crippen LogP contribution in [-0.2, 0) is 12.6 Å². The molecule has 3 rings (SSSR count). The van der Waals surface area contributed by atoms with Gasteiger partial charge in [0.25, 0.3) is 0 Å². The molecule has 2 heterocycles. The number of aryl methyl sites for hydroxylation is 1. The zero-order valence-corrected chi connectivity index (χ0v) is 17.4. The number of nitrogens with zero attached hydrogens (tertiary/aromatic N) is 3. The summed E-state index contributed by atoms with van der Waals surface area (Å²) in [7, 11) is 0. The van der Waals surface area contributed by atoms with Crippen LogP contribution in [0.3, 0.4) is 0 Å². The van der Waals surface area contributed by atoms with Crippen molar-refractivity contribution in [1.29, 1.82) is 0 Å². The highest BCUT2D eigenvalue weighted by Gasteiger charge is 2.34. The fourth-order valence-electron chi connectivity index (χ4n) is 3.75. The molecule has 0 saturated carbocycles. The average molecular weight is 422 g/mol. The molecule has 1 fully saturated rings. The molecule has 1 aliphatic rings. The maximum atomic E-state index is 13.5. The minimum Gasteiger partial charge on any atom is -0.399 e. The fourth-order valence-corrected chi connectivity index (χ4v) is 3.75. The molecule has 0 unspecified atom stereocenters. The maximum absolute atomic E-state index is 13.5. The van der Waals surface area contributed by atoms with Crippen molar-refractivity contribution in [2.24, 2.45) is 0 Å². The highest BCUT2D eigenvalue weighted by molar-refractivity contribution is 5.64. The highest BCUT2D eigenvalue weighted by atomic mass is 19.4. The zero-order chi connectivity index (χ0) is 21.7. The second-order valence-electron chi connectivity index (χ2n) is 7.56. The van der Waals surface area contributed by atoms with Gasteiger partial charge in [0.15, 0.2) is 0 Å². The summed E-state index contributed by atoms with van der Waals surface area (Å²) in [6.07, 6.45) is -0.798. The van der Waals surface area contributed by atoms with Gasteiger partial charge in [0.1, 0.15) is 5.82 Å². The molecule has 1 aliphatic heterocycles. The fraction of sp³-hybridized carbons (Fsp3) is 0.524. The van der Waals surface area contributed by atoms with Crippen molar-refractivity contribution in [2.45, 2.75) is 51.7 Å². The van der Waals surface area contributed by atoms with Gasteiger partial charge >= 0.3 is 6.18 Å². The first kappa shape index (κ1) is 22.1. The van der Waals surface area contributed by atoms with Crippen LogP contribution in [-0.4, -0.2) is 35.6 Å². The Balaban J connectivity index is 1.92. The molecule has 1 atom stereocenters. The molecule has 0 bridgehead atoms. The van der Waals surface area contributed by atoms with Gasteiger partial charge in [-0.15, -0.1) is 0 Å². The van der Waals surface area contributed by atoms with E-state index in [-0.39, 0.29) is 17.3 Å². The van der Waals surface area contributed by atoms with E-state index in [0.29, 0.717) is 6.04 Å². The summed E-state index contributed by atoms with van der Waals surface area (Å²) < 4.78 is 40.4. The number of hydrogen-bond acceptors (Lipinski definition) is 6. The molecule has 164 valence electrons. The van der Waals surface area contributed by atoms with E-state index in [1.807, 2.05) is 13.0 Å². The Morgan fingerprint density at radius 1 is 1.20 bits per heavy atom. The lowest BCUT2D eigenvalue weighted by Gasteiger charge is -2.34. The molecule has 0 spiro atoms. The number of aromatic nitrogens is 2. The van der Waals surface area contributed by atoms with E-state index in [1.165, 1.54) is 12.1 Å². The second kappa shape index (κ2) is 9.51. The lowest BCUT2D eigenvalue weighted by atomic mass is 10.1. The van der Waals surface area contributed by atoms with Gasteiger partial charge in [-0.2, -0.15) is 18.2 Å². The van der Waals surface area contributed by atoms with Gasteiger partial charge in [-0.25, -0.2) is 4.98 Å². The van der Waals surface area contributed by atoms with Crippen molar-refractivity contribution in [3.63, 3.8) is 0 Å². The maximum Gasteiger partial charge on any atom is 0.418 e. The van der Waals surface area contributed by atoms with E-state index >= 15 is 0 Å². The summed E-state index contributed by atoms with van der Waals surface area (Å²) in [6.45, 7) is 6.69. The minimum absolute atomic E-state index is 0.0528. The summed E-state index contributed by atoms with van der Waals surface area (Å²) in [4.78, 5) is 11.2. The van der Waals surface area contributed by atoms with Gasteiger partial charge < -0.3 is 21.3 Å². The first-order valence-electron chi connectivity index (χ1n) is 10.4. The van der Waals surface area contributed by atoms with Crippen LogP contribution in [0.15, 0.2) is 24.3 Å². The summed E-state index contributed by atoms with van der Waals surface area (Å²) in [5, 5.41) is 6.25. The Labute approximate surface area is 175 Å². The second-order valence-corrected chi connectivity index (χ2v) is 7.56. The predicted octanol–water partition coefficient (Wildman–Crippen LogP) is 4.35. The van der Waals surface area contributed by atoms with Gasteiger partial charge in [0, 0.05) is 36.6 Å². The van der Waals surface area contributed by atoms with E-state index in [1.54, 1.807) is 0 Å². The van der Waals surface area contributed by atoms with Crippen molar-refractivity contribution in [2.75, 3.05) is 35.6 Å². The smallest absolute Gasteiger partial charge is 0.399 e. The van der Waals surface area contributed by atoms with Crippen LogP contribution in [0.4, 0.5) is 36.3 Å². The van der Waals surface area contributed by atoms with Crippen LogP contribution in [0, 0.1) is 0 Å². The van der Waals surface area contributed by atoms with E-state index < -0.39 is 11.7 Å². The van der Waals surface area contributed by atoms with Crippen molar-refractivity contribution >= 4 is 23.1 Å². The number of anilines is 4. The molecule has 4 N–H and O–H groups in total. The Morgan fingerprint density at radius 3 is 2.70 bits per heavy atom.